The summed E-state index contributed by atoms with van der Waals surface area (Å²) in [6, 6.07) is 2.16. The number of sulfonamides is 1. The summed E-state index contributed by atoms with van der Waals surface area (Å²) >= 11 is 6.17. The summed E-state index contributed by atoms with van der Waals surface area (Å²) in [6.45, 7) is 6.70. The van der Waals surface area contributed by atoms with E-state index in [0.29, 0.717) is 23.2 Å². The van der Waals surface area contributed by atoms with Crippen molar-refractivity contribution in [3.8, 4) is 5.75 Å². The van der Waals surface area contributed by atoms with Crippen LogP contribution in [0.25, 0.3) is 0 Å². The Hall–Kier alpha value is -1.34. The number of halogens is 2. The largest absolute Gasteiger partial charge is 0.488 e. The zero-order valence-corrected chi connectivity index (χ0v) is 16.7. The van der Waals surface area contributed by atoms with Gasteiger partial charge < -0.3 is 4.74 Å². The normalized spacial score (nSPS) is 29.6. The molecule has 0 aromatic heterocycles. The van der Waals surface area contributed by atoms with Crippen LogP contribution in [0.2, 0.25) is 5.02 Å². The zero-order valence-electron chi connectivity index (χ0n) is 15.2. The molecule has 0 heterocycles. The Morgan fingerprint density at radius 2 is 2.00 bits per heavy atom. The minimum Gasteiger partial charge on any atom is -0.488 e. The Morgan fingerprint density at radius 3 is 2.54 bits per heavy atom. The molecule has 0 unspecified atom stereocenters. The van der Waals surface area contributed by atoms with E-state index in [2.05, 4.69) is 20.8 Å². The number of carbonyl (C=O) groups excluding carboxylic acids is 1. The minimum atomic E-state index is -3.79. The molecule has 1 N–H and O–H groups in total. The summed E-state index contributed by atoms with van der Waals surface area (Å²) < 4.78 is 44.3. The van der Waals surface area contributed by atoms with Gasteiger partial charge in [-0.1, -0.05) is 32.4 Å². The van der Waals surface area contributed by atoms with Gasteiger partial charge in [0.1, 0.15) is 17.7 Å². The summed E-state index contributed by atoms with van der Waals surface area (Å²) in [6.07, 6.45) is 2.85. The van der Waals surface area contributed by atoms with Gasteiger partial charge in [-0.2, -0.15) is 0 Å². The van der Waals surface area contributed by atoms with E-state index < -0.39 is 27.3 Å². The van der Waals surface area contributed by atoms with Crippen molar-refractivity contribution < 1.29 is 22.3 Å². The second-order valence-electron chi connectivity index (χ2n) is 8.08. The topological polar surface area (TPSA) is 72.5 Å². The molecule has 1 aromatic carbocycles. The molecule has 5 nitrogen and oxygen atoms in total. The summed E-state index contributed by atoms with van der Waals surface area (Å²) in [4.78, 5) is 11.9. The number of fused-ring (bicyclic) bond motifs is 2. The van der Waals surface area contributed by atoms with Crippen LogP contribution in [0.3, 0.4) is 0 Å². The molecule has 144 valence electrons. The highest BCUT2D eigenvalue weighted by molar-refractivity contribution is 7.89. The van der Waals surface area contributed by atoms with E-state index in [0.717, 1.165) is 24.8 Å². The summed E-state index contributed by atoms with van der Waals surface area (Å²) in [5.41, 5.74) is -0.129. The Kier molecular flexibility index (Phi) is 4.76. The van der Waals surface area contributed by atoms with E-state index in [1.165, 1.54) is 6.42 Å². The monoisotopic (exact) mass is 403 g/mol. The van der Waals surface area contributed by atoms with Gasteiger partial charge in [0, 0.05) is 6.07 Å². The Morgan fingerprint density at radius 1 is 1.35 bits per heavy atom. The van der Waals surface area contributed by atoms with Gasteiger partial charge in [0.15, 0.2) is 0 Å². The van der Waals surface area contributed by atoms with E-state index in [1.54, 1.807) is 4.72 Å². The fraction of sp³-hybridized carbons (Fsp3) is 0.611. The van der Waals surface area contributed by atoms with Crippen LogP contribution >= 0.6 is 11.6 Å². The molecule has 2 bridgehead atoms. The molecule has 1 amide bonds. The average Bonchev–Trinajstić information content (AvgIpc) is 2.49. The molecule has 3 fully saturated rings. The molecule has 0 saturated heterocycles. The first-order valence-corrected chi connectivity index (χ1v) is 10.8. The maximum atomic E-state index is 14.3. The van der Waals surface area contributed by atoms with Gasteiger partial charge in [-0.3, -0.25) is 4.79 Å². The van der Waals surface area contributed by atoms with Crippen LogP contribution in [-0.4, -0.2) is 26.7 Å². The van der Waals surface area contributed by atoms with Gasteiger partial charge in [-0.05, 0) is 42.1 Å². The highest BCUT2D eigenvalue weighted by Crippen LogP contribution is 2.61. The Balaban J connectivity index is 1.78. The number of ether oxygens (including phenoxy) is 1. The third kappa shape index (κ3) is 3.43. The molecule has 3 saturated carbocycles. The number of nitrogens with one attached hydrogen (secondary N) is 1. The second-order valence-corrected chi connectivity index (χ2v) is 10.2. The van der Waals surface area contributed by atoms with Crippen molar-refractivity contribution in [1.29, 1.82) is 0 Å². The van der Waals surface area contributed by atoms with Gasteiger partial charge >= 0.3 is 0 Å². The maximum Gasteiger partial charge on any atom is 0.267 e. The Labute approximate surface area is 158 Å². The molecule has 0 radical (unpaired) electrons. The number of carbonyl (C=O) groups is 1. The highest BCUT2D eigenvalue weighted by Gasteiger charge is 2.57. The molecular formula is C18H23ClFNO4S. The fourth-order valence-corrected chi connectivity index (χ4v) is 5.09. The molecule has 3 aliphatic carbocycles. The van der Waals surface area contributed by atoms with Gasteiger partial charge in [0.25, 0.3) is 5.91 Å². The van der Waals surface area contributed by atoms with Crippen molar-refractivity contribution in [2.45, 2.75) is 39.7 Å². The van der Waals surface area contributed by atoms with Crippen molar-refractivity contribution in [1.82, 2.24) is 4.72 Å². The van der Waals surface area contributed by atoms with Crippen LogP contribution in [0.1, 0.15) is 44.0 Å². The van der Waals surface area contributed by atoms with Gasteiger partial charge in [-0.15, -0.1) is 0 Å². The Bertz CT molecular complexity index is 855. The summed E-state index contributed by atoms with van der Waals surface area (Å²) in [5.74, 6) is -0.294. The first kappa shape index (κ1) is 19.4. The molecule has 1 aromatic rings. The molecule has 0 aliphatic heterocycles. The molecule has 4 atom stereocenters. The van der Waals surface area contributed by atoms with E-state index in [-0.39, 0.29) is 16.9 Å². The maximum absolute atomic E-state index is 14.3. The van der Waals surface area contributed by atoms with Crippen molar-refractivity contribution in [3.63, 3.8) is 0 Å². The van der Waals surface area contributed by atoms with E-state index in [9.17, 15) is 17.6 Å². The van der Waals surface area contributed by atoms with Crippen LogP contribution in [0, 0.1) is 29.0 Å². The average molecular weight is 404 g/mol. The van der Waals surface area contributed by atoms with Crippen molar-refractivity contribution in [3.05, 3.63) is 28.5 Å². The predicted octanol–water partition coefficient (Wildman–Crippen LogP) is 3.62. The number of amides is 1. The number of rotatable bonds is 4. The SMILES string of the molecule is C[C@@H]1[C@H](Oc2cc(F)c(C(=O)NS(C)(=O)=O)cc2Cl)C[C@H]2C[C@@H]1C2(C)C. The smallest absolute Gasteiger partial charge is 0.267 e. The summed E-state index contributed by atoms with van der Waals surface area (Å²) in [7, 11) is -3.79. The van der Waals surface area contributed by atoms with E-state index in [1.807, 2.05) is 0 Å². The molecule has 26 heavy (non-hydrogen) atoms. The van der Waals surface area contributed by atoms with Crippen LogP contribution in [-0.2, 0) is 10.0 Å². The lowest BCUT2D eigenvalue weighted by Gasteiger charge is -2.61. The molecule has 4 rings (SSSR count). The molecule has 0 spiro atoms. The number of hydrogen-bond donors (Lipinski definition) is 1. The van der Waals surface area contributed by atoms with Crippen LogP contribution in [0.4, 0.5) is 4.39 Å². The molecule has 8 heteroatoms. The van der Waals surface area contributed by atoms with E-state index >= 15 is 0 Å². The third-order valence-electron chi connectivity index (χ3n) is 6.11. The fourth-order valence-electron chi connectivity index (χ4n) is 4.44. The lowest BCUT2D eigenvalue weighted by molar-refractivity contribution is -0.147. The van der Waals surface area contributed by atoms with E-state index in [4.69, 9.17) is 16.3 Å². The molecule has 3 aliphatic rings. The number of hydrogen-bond acceptors (Lipinski definition) is 4. The predicted molar refractivity (Wildman–Crippen MR) is 97.3 cm³/mol. The molecular weight excluding hydrogens is 381 g/mol. The lowest BCUT2D eigenvalue weighted by Crippen LogP contribution is -2.57. The van der Waals surface area contributed by atoms with Crippen LogP contribution in [0.15, 0.2) is 12.1 Å². The van der Waals surface area contributed by atoms with Crippen molar-refractivity contribution >= 4 is 27.5 Å². The first-order chi connectivity index (χ1) is 11.9. The third-order valence-corrected chi connectivity index (χ3v) is 6.96. The quantitative estimate of drug-likeness (QED) is 0.833. The highest BCUT2D eigenvalue weighted by atomic mass is 35.5. The van der Waals surface area contributed by atoms with Crippen LogP contribution < -0.4 is 9.46 Å². The number of benzene rings is 1. The second kappa shape index (κ2) is 6.37. The van der Waals surface area contributed by atoms with Gasteiger partial charge in [-0.25, -0.2) is 17.5 Å². The van der Waals surface area contributed by atoms with Gasteiger partial charge in [0.2, 0.25) is 10.0 Å². The summed E-state index contributed by atoms with van der Waals surface area (Å²) in [5, 5.41) is 0.0794. The van der Waals surface area contributed by atoms with Crippen LogP contribution in [0.5, 0.6) is 5.75 Å². The van der Waals surface area contributed by atoms with Crippen molar-refractivity contribution in [2.24, 2.45) is 23.2 Å². The minimum absolute atomic E-state index is 0.0561. The first-order valence-electron chi connectivity index (χ1n) is 8.58. The zero-order chi connectivity index (χ0) is 19.4. The van der Waals surface area contributed by atoms with Gasteiger partial charge in [0.05, 0.1) is 16.8 Å². The standard InChI is InChI=1S/C18H23ClFNO4S/c1-9-12-5-10(18(12,2)3)6-15(9)25-16-8-14(20)11(7-13(16)19)17(22)21-26(4,23)24/h7-10,12,15H,5-6H2,1-4H3,(H,21,22)/t9-,10+,12-,15+/m0/s1. The lowest BCUT2D eigenvalue weighted by atomic mass is 9.45. The van der Waals surface area contributed by atoms with Crippen molar-refractivity contribution in [2.75, 3.05) is 6.26 Å².